The topological polar surface area (TPSA) is 83.6 Å². The lowest BCUT2D eigenvalue weighted by atomic mass is 10.0. The third-order valence-corrected chi connectivity index (χ3v) is 8.49. The van der Waals surface area contributed by atoms with Crippen molar-refractivity contribution in [1.82, 2.24) is 4.31 Å². The Labute approximate surface area is 183 Å². The second-order valence-corrected chi connectivity index (χ2v) is 11.3. The molecule has 8 heteroatoms. The van der Waals surface area contributed by atoms with Crippen molar-refractivity contribution in [3.05, 3.63) is 95.6 Å². The molecule has 1 aliphatic heterocycles. The standard InChI is InChI=1S/C23H24N2O4S2/c26-30(27,16-14-19-7-3-1-4-8-19)24-22-12-11-20-13-15-25(18-21(20)17-22)31(28,29)23-9-5-2-6-10-23/h1-12,17,24H,13-16,18H2. The number of hydrogen-bond donors (Lipinski definition) is 1. The van der Waals surface area contributed by atoms with Crippen molar-refractivity contribution >= 4 is 25.7 Å². The zero-order valence-corrected chi connectivity index (χ0v) is 18.6. The van der Waals surface area contributed by atoms with Crippen molar-refractivity contribution in [1.29, 1.82) is 0 Å². The molecule has 0 atom stereocenters. The molecule has 6 nitrogen and oxygen atoms in total. The first-order chi connectivity index (χ1) is 14.8. The summed E-state index contributed by atoms with van der Waals surface area (Å²) in [5.74, 6) is -0.0252. The zero-order valence-electron chi connectivity index (χ0n) is 16.9. The summed E-state index contributed by atoms with van der Waals surface area (Å²) in [7, 11) is -7.12. The molecule has 0 aromatic heterocycles. The van der Waals surface area contributed by atoms with Crippen LogP contribution in [0.4, 0.5) is 5.69 Å². The first-order valence-electron chi connectivity index (χ1n) is 10.0. The molecule has 162 valence electrons. The van der Waals surface area contributed by atoms with E-state index in [1.807, 2.05) is 36.4 Å². The Morgan fingerprint density at radius 2 is 1.48 bits per heavy atom. The van der Waals surface area contributed by atoms with Crippen LogP contribution in [0.3, 0.4) is 0 Å². The van der Waals surface area contributed by atoms with Gasteiger partial charge in [0.2, 0.25) is 20.0 Å². The lowest BCUT2D eigenvalue weighted by Crippen LogP contribution is -2.36. The fourth-order valence-corrected chi connectivity index (χ4v) is 6.20. The van der Waals surface area contributed by atoms with Crippen molar-refractivity contribution in [3.8, 4) is 0 Å². The Balaban J connectivity index is 1.48. The summed E-state index contributed by atoms with van der Waals surface area (Å²) < 4.78 is 55.0. The predicted molar refractivity (Wildman–Crippen MR) is 122 cm³/mol. The highest BCUT2D eigenvalue weighted by atomic mass is 32.2. The quantitative estimate of drug-likeness (QED) is 0.591. The Bertz CT molecular complexity index is 1260. The molecule has 0 bridgehead atoms. The molecular weight excluding hydrogens is 432 g/mol. The number of nitrogens with one attached hydrogen (secondary N) is 1. The van der Waals surface area contributed by atoms with E-state index >= 15 is 0 Å². The Morgan fingerprint density at radius 3 is 2.19 bits per heavy atom. The van der Waals surface area contributed by atoms with Crippen LogP contribution in [0, 0.1) is 0 Å². The molecule has 0 saturated carbocycles. The second kappa shape index (κ2) is 8.82. The van der Waals surface area contributed by atoms with Crippen LogP contribution in [-0.2, 0) is 39.4 Å². The fraction of sp³-hybridized carbons (Fsp3) is 0.217. The summed E-state index contributed by atoms with van der Waals surface area (Å²) in [5.41, 5.74) is 3.26. The minimum absolute atomic E-state index is 0.0252. The number of benzene rings is 3. The predicted octanol–water partition coefficient (Wildman–Crippen LogP) is 3.42. The summed E-state index contributed by atoms with van der Waals surface area (Å²) in [6, 6.07) is 23.2. The van der Waals surface area contributed by atoms with Crippen LogP contribution in [0.2, 0.25) is 0 Å². The van der Waals surface area contributed by atoms with Gasteiger partial charge in [0.05, 0.1) is 10.6 Å². The molecular formula is C23H24N2O4S2. The minimum atomic E-state index is -3.60. The van der Waals surface area contributed by atoms with E-state index in [2.05, 4.69) is 4.72 Å². The zero-order chi connectivity index (χ0) is 21.9. The van der Waals surface area contributed by atoms with Crippen molar-refractivity contribution < 1.29 is 16.8 Å². The van der Waals surface area contributed by atoms with Gasteiger partial charge in [-0.25, -0.2) is 16.8 Å². The van der Waals surface area contributed by atoms with Crippen molar-refractivity contribution in [2.24, 2.45) is 0 Å². The van der Waals surface area contributed by atoms with Gasteiger partial charge in [-0.15, -0.1) is 0 Å². The van der Waals surface area contributed by atoms with E-state index in [1.54, 1.807) is 42.5 Å². The summed E-state index contributed by atoms with van der Waals surface area (Å²) in [5, 5.41) is 0. The highest BCUT2D eigenvalue weighted by Crippen LogP contribution is 2.27. The van der Waals surface area contributed by atoms with Crippen molar-refractivity contribution in [2.75, 3.05) is 17.0 Å². The summed E-state index contributed by atoms with van der Waals surface area (Å²) >= 11 is 0. The maximum Gasteiger partial charge on any atom is 0.243 e. The largest absolute Gasteiger partial charge is 0.284 e. The van der Waals surface area contributed by atoms with Gasteiger partial charge in [0.25, 0.3) is 0 Å². The average Bonchev–Trinajstić information content (AvgIpc) is 2.78. The van der Waals surface area contributed by atoms with E-state index in [-0.39, 0.29) is 17.2 Å². The van der Waals surface area contributed by atoms with Crippen LogP contribution < -0.4 is 4.72 Å². The van der Waals surface area contributed by atoms with Gasteiger partial charge in [0, 0.05) is 18.8 Å². The molecule has 1 N–H and O–H groups in total. The number of sulfonamides is 2. The third kappa shape index (κ3) is 5.15. The third-order valence-electron chi connectivity index (χ3n) is 5.34. The highest BCUT2D eigenvalue weighted by molar-refractivity contribution is 7.92. The van der Waals surface area contributed by atoms with Gasteiger partial charge in [-0.05, 0) is 53.8 Å². The van der Waals surface area contributed by atoms with Crippen LogP contribution >= 0.6 is 0 Å². The Morgan fingerprint density at radius 1 is 0.806 bits per heavy atom. The maximum absolute atomic E-state index is 12.9. The number of anilines is 1. The molecule has 0 saturated heterocycles. The highest BCUT2D eigenvalue weighted by Gasteiger charge is 2.28. The fourth-order valence-electron chi connectivity index (χ4n) is 3.67. The van der Waals surface area contributed by atoms with Gasteiger partial charge in [-0.1, -0.05) is 54.6 Å². The molecule has 0 aliphatic carbocycles. The van der Waals surface area contributed by atoms with Gasteiger partial charge in [-0.2, -0.15) is 4.31 Å². The lowest BCUT2D eigenvalue weighted by molar-refractivity contribution is 0.391. The van der Waals surface area contributed by atoms with Gasteiger partial charge in [-0.3, -0.25) is 4.72 Å². The normalized spacial score (nSPS) is 14.7. The van der Waals surface area contributed by atoms with Crippen LogP contribution in [0.1, 0.15) is 16.7 Å². The van der Waals surface area contributed by atoms with Gasteiger partial charge in [0.15, 0.2) is 0 Å². The maximum atomic E-state index is 12.9. The molecule has 1 aliphatic rings. The van der Waals surface area contributed by atoms with E-state index in [9.17, 15) is 16.8 Å². The van der Waals surface area contributed by atoms with Crippen LogP contribution in [0.15, 0.2) is 83.8 Å². The monoisotopic (exact) mass is 456 g/mol. The summed E-state index contributed by atoms with van der Waals surface area (Å²) in [4.78, 5) is 0.260. The van der Waals surface area contributed by atoms with Crippen molar-refractivity contribution in [2.45, 2.75) is 24.3 Å². The Kier molecular flexibility index (Phi) is 6.13. The minimum Gasteiger partial charge on any atom is -0.284 e. The number of rotatable bonds is 7. The van der Waals surface area contributed by atoms with E-state index in [4.69, 9.17) is 0 Å². The number of nitrogens with zero attached hydrogens (tertiary/aromatic N) is 1. The average molecular weight is 457 g/mol. The molecule has 1 heterocycles. The molecule has 0 unspecified atom stereocenters. The van der Waals surface area contributed by atoms with Gasteiger partial charge < -0.3 is 0 Å². The second-order valence-electron chi connectivity index (χ2n) is 7.54. The molecule has 0 spiro atoms. The SMILES string of the molecule is O=S(=O)(CCc1ccccc1)Nc1ccc2c(c1)CN(S(=O)(=O)c1ccccc1)CC2. The summed E-state index contributed by atoms with van der Waals surface area (Å²) in [6.07, 6.45) is 1.01. The van der Waals surface area contributed by atoms with E-state index < -0.39 is 20.0 Å². The molecule has 3 aromatic carbocycles. The number of hydrogen-bond acceptors (Lipinski definition) is 4. The number of aryl methyl sites for hydroxylation is 1. The Hall–Kier alpha value is -2.68. The van der Waals surface area contributed by atoms with Gasteiger partial charge in [0.1, 0.15) is 0 Å². The first kappa shape index (κ1) is 21.5. The smallest absolute Gasteiger partial charge is 0.243 e. The van der Waals surface area contributed by atoms with Crippen molar-refractivity contribution in [3.63, 3.8) is 0 Å². The van der Waals surface area contributed by atoms with Crippen LogP contribution in [0.5, 0.6) is 0 Å². The molecule has 4 rings (SSSR count). The van der Waals surface area contributed by atoms with Crippen LogP contribution in [-0.4, -0.2) is 33.4 Å². The molecule has 0 fully saturated rings. The molecule has 0 radical (unpaired) electrons. The first-order valence-corrected chi connectivity index (χ1v) is 13.1. The molecule has 0 amide bonds. The number of fused-ring (bicyclic) bond motifs is 1. The van der Waals surface area contributed by atoms with E-state index in [0.29, 0.717) is 25.1 Å². The summed E-state index contributed by atoms with van der Waals surface area (Å²) in [6.45, 7) is 0.610. The molecule has 31 heavy (non-hydrogen) atoms. The van der Waals surface area contributed by atoms with Gasteiger partial charge >= 0.3 is 0 Å². The van der Waals surface area contributed by atoms with E-state index in [1.165, 1.54) is 4.31 Å². The van der Waals surface area contributed by atoms with E-state index in [0.717, 1.165) is 16.7 Å². The lowest BCUT2D eigenvalue weighted by Gasteiger charge is -2.28. The van der Waals surface area contributed by atoms with Crippen LogP contribution in [0.25, 0.3) is 0 Å². The molecule has 3 aromatic rings.